The quantitative estimate of drug-likeness (QED) is 0.694. The number of hydrogen-bond donors (Lipinski definition) is 2. The lowest BCUT2D eigenvalue weighted by atomic mass is 9.72. The number of nitrogens with zero attached hydrogens (tertiary/aromatic N) is 4. The van der Waals surface area contributed by atoms with Gasteiger partial charge in [0.05, 0.1) is 34.5 Å². The first-order valence-corrected chi connectivity index (χ1v) is 12.9. The Hall–Kier alpha value is -2.69. The van der Waals surface area contributed by atoms with Crippen LogP contribution in [0.3, 0.4) is 0 Å². The van der Waals surface area contributed by atoms with Crippen LogP contribution in [0.2, 0.25) is 0 Å². The van der Waals surface area contributed by atoms with Gasteiger partial charge in [0, 0.05) is 56.6 Å². The zero-order valence-electron chi connectivity index (χ0n) is 18.3. The van der Waals surface area contributed by atoms with Crippen LogP contribution in [0.5, 0.6) is 0 Å². The first-order chi connectivity index (χ1) is 15.3. The number of aryl methyl sites for hydroxylation is 1. The molecule has 0 aromatic carbocycles. The minimum absolute atomic E-state index is 0.0347. The Labute approximate surface area is 186 Å². The molecule has 2 aromatic heterocycles. The van der Waals surface area contributed by atoms with Crippen molar-refractivity contribution in [2.24, 2.45) is 5.16 Å². The molecule has 172 valence electrons. The van der Waals surface area contributed by atoms with Crippen LogP contribution in [0.1, 0.15) is 51.5 Å². The van der Waals surface area contributed by atoms with Gasteiger partial charge in [-0.3, -0.25) is 4.79 Å². The molecular formula is C21H28N6O4S. The van der Waals surface area contributed by atoms with E-state index in [2.05, 4.69) is 25.9 Å². The molecule has 1 saturated carbocycles. The van der Waals surface area contributed by atoms with E-state index in [1.165, 1.54) is 6.92 Å². The van der Waals surface area contributed by atoms with Gasteiger partial charge in [0.15, 0.2) is 5.65 Å². The second-order valence-corrected chi connectivity index (χ2v) is 11.4. The van der Waals surface area contributed by atoms with E-state index in [4.69, 9.17) is 4.84 Å². The standard InChI is InChI=1S/C21H28N6O4S/c1-3-27-20-17(12-23-27)19(25-14-4-6-32(29,30)7-5-14)16(11-22-20)18-10-21(31-26-18)8-15(9-21)24-13(2)28/h11-12,14-15H,3-10H2,1-2H3,(H,22,25)(H,24,28). The highest BCUT2D eigenvalue weighted by Crippen LogP contribution is 2.44. The Morgan fingerprint density at radius 2 is 2.00 bits per heavy atom. The molecule has 32 heavy (non-hydrogen) atoms. The van der Waals surface area contributed by atoms with Gasteiger partial charge in [0.25, 0.3) is 0 Å². The van der Waals surface area contributed by atoms with Crippen molar-refractivity contribution < 1.29 is 18.0 Å². The summed E-state index contributed by atoms with van der Waals surface area (Å²) in [5, 5.41) is 16.3. The molecule has 11 heteroatoms. The number of pyridine rings is 1. The first kappa shape index (κ1) is 21.2. The smallest absolute Gasteiger partial charge is 0.217 e. The fraction of sp³-hybridized carbons (Fsp3) is 0.619. The summed E-state index contributed by atoms with van der Waals surface area (Å²) in [6.45, 7) is 4.24. The third kappa shape index (κ3) is 3.82. The van der Waals surface area contributed by atoms with Crippen LogP contribution >= 0.6 is 0 Å². The molecule has 0 unspecified atom stereocenters. The monoisotopic (exact) mass is 460 g/mol. The minimum Gasteiger partial charge on any atom is -0.388 e. The number of sulfone groups is 1. The summed E-state index contributed by atoms with van der Waals surface area (Å²) in [4.78, 5) is 21.8. The summed E-state index contributed by atoms with van der Waals surface area (Å²) in [6, 6.07) is 0.171. The van der Waals surface area contributed by atoms with Gasteiger partial charge in [-0.1, -0.05) is 5.16 Å². The lowest BCUT2D eigenvalue weighted by molar-refractivity contribution is -0.126. The maximum Gasteiger partial charge on any atom is 0.217 e. The van der Waals surface area contributed by atoms with Crippen molar-refractivity contribution in [2.75, 3.05) is 16.8 Å². The lowest BCUT2D eigenvalue weighted by Crippen LogP contribution is -2.54. The summed E-state index contributed by atoms with van der Waals surface area (Å²) in [5.41, 5.74) is 2.97. The van der Waals surface area contributed by atoms with E-state index in [1.807, 2.05) is 17.8 Å². The van der Waals surface area contributed by atoms with Gasteiger partial charge in [-0.05, 0) is 19.8 Å². The highest BCUT2D eigenvalue weighted by atomic mass is 32.2. The third-order valence-corrected chi connectivity index (χ3v) is 8.38. The molecule has 1 amide bonds. The third-order valence-electron chi connectivity index (χ3n) is 6.66. The fourth-order valence-electron chi connectivity index (χ4n) is 4.98. The number of nitrogens with one attached hydrogen (secondary N) is 2. The van der Waals surface area contributed by atoms with Gasteiger partial charge in [-0.15, -0.1) is 0 Å². The van der Waals surface area contributed by atoms with E-state index in [0.29, 0.717) is 25.8 Å². The Morgan fingerprint density at radius 3 is 2.69 bits per heavy atom. The normalized spacial score (nSPS) is 22.4. The van der Waals surface area contributed by atoms with E-state index in [9.17, 15) is 13.2 Å². The van der Waals surface area contributed by atoms with Crippen molar-refractivity contribution in [2.45, 2.75) is 70.2 Å². The molecule has 0 radical (unpaired) electrons. The van der Waals surface area contributed by atoms with Crippen LogP contribution in [0.25, 0.3) is 11.0 Å². The van der Waals surface area contributed by atoms with Crippen molar-refractivity contribution in [3.8, 4) is 0 Å². The van der Waals surface area contributed by atoms with Gasteiger partial charge >= 0.3 is 0 Å². The number of amides is 1. The fourth-order valence-corrected chi connectivity index (χ4v) is 6.48. The van der Waals surface area contributed by atoms with E-state index >= 15 is 0 Å². The van der Waals surface area contributed by atoms with Gasteiger partial charge in [0.2, 0.25) is 5.91 Å². The molecule has 1 spiro atoms. The molecular weight excluding hydrogens is 432 g/mol. The van der Waals surface area contributed by atoms with Crippen LogP contribution in [0.15, 0.2) is 17.5 Å². The Kier molecular flexibility index (Phi) is 5.11. The number of anilines is 1. The predicted octanol–water partition coefficient (Wildman–Crippen LogP) is 1.60. The molecule has 2 N–H and O–H groups in total. The summed E-state index contributed by atoms with van der Waals surface area (Å²) in [6.07, 6.45) is 6.85. The van der Waals surface area contributed by atoms with Crippen molar-refractivity contribution >= 4 is 38.2 Å². The molecule has 10 nitrogen and oxygen atoms in total. The maximum absolute atomic E-state index is 11.9. The summed E-state index contributed by atoms with van der Waals surface area (Å²) < 4.78 is 25.6. The molecule has 5 rings (SSSR count). The predicted molar refractivity (Wildman–Crippen MR) is 120 cm³/mol. The summed E-state index contributed by atoms with van der Waals surface area (Å²) in [5.74, 6) is 0.355. The lowest BCUT2D eigenvalue weighted by Gasteiger charge is -2.42. The Morgan fingerprint density at radius 1 is 1.25 bits per heavy atom. The van der Waals surface area contributed by atoms with Gasteiger partial charge in [-0.25, -0.2) is 18.1 Å². The number of hydrogen-bond acceptors (Lipinski definition) is 8. The van der Waals surface area contributed by atoms with Gasteiger partial charge < -0.3 is 15.5 Å². The largest absolute Gasteiger partial charge is 0.388 e. The summed E-state index contributed by atoms with van der Waals surface area (Å²) >= 11 is 0. The minimum atomic E-state index is -2.94. The van der Waals surface area contributed by atoms with E-state index in [-0.39, 0.29) is 35.1 Å². The molecule has 2 aromatic rings. The maximum atomic E-state index is 11.9. The van der Waals surface area contributed by atoms with E-state index < -0.39 is 9.84 Å². The van der Waals surface area contributed by atoms with E-state index in [1.54, 1.807) is 6.20 Å². The zero-order valence-corrected chi connectivity index (χ0v) is 19.1. The second-order valence-electron chi connectivity index (χ2n) is 9.11. The molecule has 2 fully saturated rings. The average Bonchev–Trinajstić information content (AvgIpc) is 3.34. The molecule has 0 bridgehead atoms. The molecule has 1 saturated heterocycles. The SMILES string of the molecule is CCn1ncc2c(NC3CCS(=O)(=O)CC3)c(C3=NOC4(C3)CC(NC(C)=O)C4)cnc21. The summed E-state index contributed by atoms with van der Waals surface area (Å²) in [7, 11) is -2.94. The number of rotatable bonds is 5. The van der Waals surface area contributed by atoms with Crippen molar-refractivity contribution in [3.05, 3.63) is 18.0 Å². The van der Waals surface area contributed by atoms with E-state index in [0.717, 1.165) is 40.8 Å². The number of oxime groups is 1. The van der Waals surface area contributed by atoms with Gasteiger partial charge in [0.1, 0.15) is 15.4 Å². The number of fused-ring (bicyclic) bond motifs is 1. The van der Waals surface area contributed by atoms with Crippen LogP contribution in [-0.2, 0) is 26.0 Å². The molecule has 2 aliphatic heterocycles. The van der Waals surface area contributed by atoms with Crippen LogP contribution < -0.4 is 10.6 Å². The second kappa shape index (κ2) is 7.72. The number of carbonyl (C=O) groups is 1. The van der Waals surface area contributed by atoms with Crippen LogP contribution in [-0.4, -0.2) is 64.0 Å². The van der Waals surface area contributed by atoms with Crippen molar-refractivity contribution in [1.29, 1.82) is 0 Å². The topological polar surface area (TPSA) is 128 Å². The van der Waals surface area contributed by atoms with Crippen LogP contribution in [0.4, 0.5) is 5.69 Å². The molecule has 1 aliphatic carbocycles. The molecule has 3 aliphatic rings. The highest BCUT2D eigenvalue weighted by molar-refractivity contribution is 7.91. The van der Waals surface area contributed by atoms with Crippen molar-refractivity contribution in [1.82, 2.24) is 20.1 Å². The Balaban J connectivity index is 1.42. The molecule has 0 atom stereocenters. The number of carbonyl (C=O) groups excluding carboxylic acids is 1. The number of aromatic nitrogens is 3. The van der Waals surface area contributed by atoms with Gasteiger partial charge in [-0.2, -0.15) is 5.10 Å². The highest BCUT2D eigenvalue weighted by Gasteiger charge is 2.51. The Bertz CT molecular complexity index is 1180. The average molecular weight is 461 g/mol. The molecule has 4 heterocycles. The van der Waals surface area contributed by atoms with Crippen LogP contribution in [0, 0.1) is 0 Å². The van der Waals surface area contributed by atoms with Crippen molar-refractivity contribution in [3.63, 3.8) is 0 Å². The zero-order chi connectivity index (χ0) is 22.5. The first-order valence-electron chi connectivity index (χ1n) is 11.1.